The molecule has 4 aromatic rings. The molecule has 0 aliphatic carbocycles. The summed E-state index contributed by atoms with van der Waals surface area (Å²) in [6.45, 7) is 1.56. The second kappa shape index (κ2) is 9.26. The quantitative estimate of drug-likeness (QED) is 0.294. The Morgan fingerprint density at radius 2 is 2.03 bits per heavy atom. The van der Waals surface area contributed by atoms with Gasteiger partial charge in [0.05, 0.1) is 39.7 Å². The molecule has 3 N–H and O–H groups in total. The molecule has 0 saturated carbocycles. The van der Waals surface area contributed by atoms with E-state index in [4.69, 9.17) is 14.2 Å². The first-order valence-corrected chi connectivity index (χ1v) is 10.4. The minimum absolute atomic E-state index is 0.141. The van der Waals surface area contributed by atoms with Gasteiger partial charge in [0.1, 0.15) is 5.75 Å². The van der Waals surface area contributed by atoms with E-state index in [-0.39, 0.29) is 12.4 Å². The summed E-state index contributed by atoms with van der Waals surface area (Å²) in [7, 11) is 3.86. The van der Waals surface area contributed by atoms with Crippen molar-refractivity contribution in [1.29, 1.82) is 0 Å². The number of carbonyl (C=O) groups excluding carboxylic acids is 2. The Morgan fingerprint density at radius 3 is 2.74 bits per heavy atom. The molecule has 0 radical (unpaired) electrons. The highest BCUT2D eigenvalue weighted by Crippen LogP contribution is 2.31. The molecule has 0 unspecified atom stereocenters. The third-order valence-corrected chi connectivity index (χ3v) is 5.64. The number of fused-ring (bicyclic) bond motifs is 2. The van der Waals surface area contributed by atoms with Crippen LogP contribution in [0.2, 0.25) is 0 Å². The lowest BCUT2D eigenvalue weighted by Crippen LogP contribution is -2.56. The van der Waals surface area contributed by atoms with E-state index in [0.717, 1.165) is 5.56 Å². The average Bonchev–Trinajstić information content (AvgIpc) is 3.47. The molecule has 35 heavy (non-hydrogen) atoms. The Bertz CT molecular complexity index is 1490. The molecule has 0 saturated heterocycles. The fraction of sp³-hybridized carbons (Fsp3) is 0.250. The minimum Gasteiger partial charge on any atom is -0.497 e. The van der Waals surface area contributed by atoms with Crippen LogP contribution in [0.5, 0.6) is 11.6 Å². The number of carbonyl (C=O) groups is 2. The van der Waals surface area contributed by atoms with Crippen LogP contribution < -0.4 is 10.1 Å². The Hall–Kier alpha value is -4.72. The van der Waals surface area contributed by atoms with Gasteiger partial charge in [-0.1, -0.05) is 11.8 Å². The van der Waals surface area contributed by atoms with Gasteiger partial charge in [-0.2, -0.15) is 0 Å². The molecule has 1 amide bonds. The van der Waals surface area contributed by atoms with E-state index in [0.29, 0.717) is 33.2 Å². The zero-order valence-electron chi connectivity index (χ0n) is 19.5. The number of aryl methyl sites for hydroxylation is 1. The molecule has 0 aliphatic rings. The number of rotatable bonds is 5. The Balaban J connectivity index is 1.85. The van der Waals surface area contributed by atoms with Crippen LogP contribution in [-0.2, 0) is 20.8 Å². The minimum atomic E-state index is -1.91. The topological polar surface area (TPSA) is 141 Å². The standard InChI is InChI=1S/C24H23N5O6/c1-14-15(10-25-20-19(14)26-13-27-20)7-8-24(22(31)34-3,28-23(32)35-4)12-29-11-16-5-6-17(33-2)9-18(16)21(29)30/h5-6,9-11,13,30H,12H2,1-4H3,(H,28,32)(H,25,26,27)/t24-/m1/s1. The zero-order valence-corrected chi connectivity index (χ0v) is 19.5. The molecule has 0 bridgehead atoms. The third kappa shape index (κ3) is 4.29. The van der Waals surface area contributed by atoms with Gasteiger partial charge in [0.2, 0.25) is 5.54 Å². The van der Waals surface area contributed by atoms with Crippen LogP contribution in [0, 0.1) is 18.8 Å². The van der Waals surface area contributed by atoms with Crippen molar-refractivity contribution in [3.05, 3.63) is 48.0 Å². The van der Waals surface area contributed by atoms with Crippen LogP contribution in [0.1, 0.15) is 11.1 Å². The summed E-state index contributed by atoms with van der Waals surface area (Å²) in [5.74, 6) is 5.32. The highest BCUT2D eigenvalue weighted by atomic mass is 16.5. The molecule has 1 atom stereocenters. The van der Waals surface area contributed by atoms with Crippen molar-refractivity contribution in [1.82, 2.24) is 24.8 Å². The number of aromatic nitrogens is 4. The van der Waals surface area contributed by atoms with Gasteiger partial charge in [0, 0.05) is 28.7 Å². The van der Waals surface area contributed by atoms with Gasteiger partial charge in [-0.05, 0) is 30.7 Å². The molecule has 11 nitrogen and oxygen atoms in total. The summed E-state index contributed by atoms with van der Waals surface area (Å²) in [6, 6.07) is 5.17. The molecule has 3 aromatic heterocycles. The fourth-order valence-corrected chi connectivity index (χ4v) is 3.72. The predicted octanol–water partition coefficient (Wildman–Crippen LogP) is 2.25. The number of nitrogens with zero attached hydrogens (tertiary/aromatic N) is 3. The molecule has 180 valence electrons. The van der Waals surface area contributed by atoms with Crippen molar-refractivity contribution in [3.8, 4) is 23.5 Å². The number of nitrogens with one attached hydrogen (secondary N) is 2. The average molecular weight is 477 g/mol. The number of ether oxygens (including phenoxy) is 3. The zero-order chi connectivity index (χ0) is 25.2. The lowest BCUT2D eigenvalue weighted by Gasteiger charge is -2.27. The van der Waals surface area contributed by atoms with E-state index in [1.807, 2.05) is 6.92 Å². The van der Waals surface area contributed by atoms with Gasteiger partial charge in [-0.3, -0.25) is 5.32 Å². The molecule has 3 heterocycles. The van der Waals surface area contributed by atoms with Gasteiger partial charge in [0.15, 0.2) is 11.5 Å². The van der Waals surface area contributed by atoms with Gasteiger partial charge in [-0.15, -0.1) is 0 Å². The van der Waals surface area contributed by atoms with Crippen molar-refractivity contribution >= 4 is 34.0 Å². The summed E-state index contributed by atoms with van der Waals surface area (Å²) in [5, 5.41) is 14.6. The monoisotopic (exact) mass is 477 g/mol. The molecule has 4 rings (SSSR count). The number of benzene rings is 1. The van der Waals surface area contributed by atoms with E-state index in [1.54, 1.807) is 24.4 Å². The van der Waals surface area contributed by atoms with Crippen LogP contribution in [-0.4, -0.2) is 63.6 Å². The number of pyridine rings is 1. The molecule has 0 spiro atoms. The maximum absolute atomic E-state index is 13.1. The Morgan fingerprint density at radius 1 is 1.23 bits per heavy atom. The van der Waals surface area contributed by atoms with Gasteiger partial charge in [0.25, 0.3) is 0 Å². The number of aromatic amines is 1. The van der Waals surface area contributed by atoms with Gasteiger partial charge >= 0.3 is 12.1 Å². The number of alkyl carbamates (subject to hydrolysis) is 1. The van der Waals surface area contributed by atoms with Crippen molar-refractivity contribution in [3.63, 3.8) is 0 Å². The first-order chi connectivity index (χ1) is 16.8. The summed E-state index contributed by atoms with van der Waals surface area (Å²) >= 11 is 0. The molecule has 11 heteroatoms. The number of esters is 1. The maximum atomic E-state index is 13.1. The van der Waals surface area contributed by atoms with Crippen LogP contribution in [0.4, 0.5) is 4.79 Å². The fourth-order valence-electron chi connectivity index (χ4n) is 3.72. The number of hydrogen-bond donors (Lipinski definition) is 3. The van der Waals surface area contributed by atoms with E-state index in [2.05, 4.69) is 32.1 Å². The Kier molecular flexibility index (Phi) is 6.20. The second-order valence-corrected chi connectivity index (χ2v) is 7.70. The molecular weight excluding hydrogens is 454 g/mol. The predicted molar refractivity (Wildman–Crippen MR) is 126 cm³/mol. The molecule has 0 aliphatic heterocycles. The van der Waals surface area contributed by atoms with Crippen LogP contribution in [0.25, 0.3) is 21.9 Å². The lowest BCUT2D eigenvalue weighted by molar-refractivity contribution is -0.146. The van der Waals surface area contributed by atoms with Crippen LogP contribution >= 0.6 is 0 Å². The highest BCUT2D eigenvalue weighted by molar-refractivity contribution is 5.91. The first kappa shape index (κ1) is 23.4. The molecule has 0 fully saturated rings. The van der Waals surface area contributed by atoms with E-state index in [1.165, 1.54) is 38.4 Å². The van der Waals surface area contributed by atoms with Crippen LogP contribution in [0.3, 0.4) is 0 Å². The second-order valence-electron chi connectivity index (χ2n) is 7.70. The summed E-state index contributed by atoms with van der Waals surface area (Å²) in [6.07, 6.45) is 3.78. The highest BCUT2D eigenvalue weighted by Gasteiger charge is 2.42. The van der Waals surface area contributed by atoms with E-state index < -0.39 is 17.6 Å². The summed E-state index contributed by atoms with van der Waals surface area (Å²) < 4.78 is 16.4. The van der Waals surface area contributed by atoms with Crippen LogP contribution in [0.15, 0.2) is 36.9 Å². The largest absolute Gasteiger partial charge is 0.497 e. The van der Waals surface area contributed by atoms with Gasteiger partial charge < -0.3 is 28.9 Å². The number of amides is 1. The number of methoxy groups -OCH3 is 3. The number of hydrogen-bond acceptors (Lipinski definition) is 8. The van der Waals surface area contributed by atoms with Crippen molar-refractivity contribution in [2.24, 2.45) is 0 Å². The number of H-pyrrole nitrogens is 1. The molecule has 1 aromatic carbocycles. The third-order valence-electron chi connectivity index (χ3n) is 5.64. The summed E-state index contributed by atoms with van der Waals surface area (Å²) in [4.78, 5) is 36.7. The SMILES string of the molecule is COC(=O)N[C@](C#Cc1cnc2nc[nH]c2c1C)(Cn1cc2ccc(OC)cc2c1O)C(=O)OC. The number of imidazole rings is 1. The van der Waals surface area contributed by atoms with E-state index in [9.17, 15) is 14.7 Å². The Labute approximate surface area is 200 Å². The van der Waals surface area contributed by atoms with Crippen molar-refractivity contribution in [2.75, 3.05) is 21.3 Å². The van der Waals surface area contributed by atoms with E-state index >= 15 is 0 Å². The van der Waals surface area contributed by atoms with Gasteiger partial charge in [-0.25, -0.2) is 19.6 Å². The normalized spacial score (nSPS) is 12.5. The van der Waals surface area contributed by atoms with Crippen molar-refractivity contribution in [2.45, 2.75) is 19.0 Å². The maximum Gasteiger partial charge on any atom is 0.408 e. The number of aromatic hydroxyl groups is 1. The van der Waals surface area contributed by atoms with Crippen molar-refractivity contribution < 1.29 is 28.9 Å². The lowest BCUT2D eigenvalue weighted by atomic mass is 9.99. The first-order valence-electron chi connectivity index (χ1n) is 10.4. The molecular formula is C24H23N5O6. The smallest absolute Gasteiger partial charge is 0.408 e. The summed E-state index contributed by atoms with van der Waals surface area (Å²) in [5.41, 5.74) is 0.587.